The minimum absolute atomic E-state index is 0.286. The van der Waals surface area contributed by atoms with Crippen molar-refractivity contribution in [1.29, 1.82) is 0 Å². The van der Waals surface area contributed by atoms with Crippen molar-refractivity contribution < 1.29 is 19.1 Å². The van der Waals surface area contributed by atoms with Crippen molar-refractivity contribution in [1.82, 2.24) is 10.6 Å². The molecule has 0 aromatic heterocycles. The minimum Gasteiger partial charge on any atom is -0.494 e. The maximum absolute atomic E-state index is 12.6. The molecule has 1 unspecified atom stereocenters. The van der Waals surface area contributed by atoms with Gasteiger partial charge in [-0.3, -0.25) is 0 Å². The highest BCUT2D eigenvalue weighted by Crippen LogP contribution is 2.30. The summed E-state index contributed by atoms with van der Waals surface area (Å²) in [5.74, 6) is 0.367. The fourth-order valence-corrected chi connectivity index (χ4v) is 2.84. The van der Waals surface area contributed by atoms with Crippen LogP contribution >= 0.6 is 0 Å². The standard InChI is InChI=1S/C20H28N2O4/c1-4-7-8-16-17(19(23)25-6-3)18(22-20(24)21-16)14-9-11-15(12-10-14)26-13-5-2/h9-12,18H,4-8,13H2,1-3H3,(H2,21,22,24). The van der Waals surface area contributed by atoms with E-state index in [2.05, 4.69) is 17.6 Å². The average molecular weight is 360 g/mol. The quantitative estimate of drug-likeness (QED) is 0.656. The Morgan fingerprint density at radius 1 is 1.12 bits per heavy atom. The summed E-state index contributed by atoms with van der Waals surface area (Å²) >= 11 is 0. The van der Waals surface area contributed by atoms with Crippen LogP contribution in [0.25, 0.3) is 0 Å². The van der Waals surface area contributed by atoms with Crippen LogP contribution in [0.15, 0.2) is 35.5 Å². The molecule has 0 radical (unpaired) electrons. The first kappa shape index (κ1) is 19.8. The number of rotatable bonds is 9. The largest absolute Gasteiger partial charge is 0.494 e. The van der Waals surface area contributed by atoms with Gasteiger partial charge in [-0.2, -0.15) is 0 Å². The molecule has 2 N–H and O–H groups in total. The number of ether oxygens (including phenoxy) is 2. The zero-order valence-electron chi connectivity index (χ0n) is 15.8. The number of hydrogen-bond acceptors (Lipinski definition) is 4. The molecule has 6 heteroatoms. The number of amides is 2. The van der Waals surface area contributed by atoms with Gasteiger partial charge in [0.25, 0.3) is 0 Å². The molecular formula is C20H28N2O4. The summed E-state index contributed by atoms with van der Waals surface area (Å²) in [7, 11) is 0. The van der Waals surface area contributed by atoms with Crippen LogP contribution in [0.1, 0.15) is 58.1 Å². The van der Waals surface area contributed by atoms with Gasteiger partial charge in [-0.05, 0) is 43.9 Å². The topological polar surface area (TPSA) is 76.7 Å². The molecule has 1 aromatic rings. The number of hydrogen-bond donors (Lipinski definition) is 2. The third-order valence-corrected chi connectivity index (χ3v) is 4.12. The molecule has 142 valence electrons. The van der Waals surface area contributed by atoms with Gasteiger partial charge in [-0.25, -0.2) is 9.59 Å². The number of benzene rings is 1. The second-order valence-corrected chi connectivity index (χ2v) is 6.17. The molecule has 2 amide bonds. The van der Waals surface area contributed by atoms with E-state index in [1.807, 2.05) is 31.2 Å². The summed E-state index contributed by atoms with van der Waals surface area (Å²) in [5, 5.41) is 5.63. The van der Waals surface area contributed by atoms with Crippen LogP contribution in [0.5, 0.6) is 5.75 Å². The first-order valence-electron chi connectivity index (χ1n) is 9.31. The van der Waals surface area contributed by atoms with Gasteiger partial charge < -0.3 is 20.1 Å². The second kappa shape index (κ2) is 9.85. The summed E-state index contributed by atoms with van der Waals surface area (Å²) in [5.41, 5.74) is 1.94. The number of esters is 1. The van der Waals surface area contributed by atoms with Crippen LogP contribution in [-0.2, 0) is 9.53 Å². The van der Waals surface area contributed by atoms with Crippen molar-refractivity contribution in [3.05, 3.63) is 41.1 Å². The van der Waals surface area contributed by atoms with Crippen LogP contribution in [0, 0.1) is 0 Å². The van der Waals surface area contributed by atoms with E-state index in [-0.39, 0.29) is 12.6 Å². The van der Waals surface area contributed by atoms with E-state index in [9.17, 15) is 9.59 Å². The second-order valence-electron chi connectivity index (χ2n) is 6.17. The van der Waals surface area contributed by atoms with Crippen LogP contribution in [0.4, 0.5) is 4.79 Å². The van der Waals surface area contributed by atoms with Crippen molar-refractivity contribution in [2.75, 3.05) is 13.2 Å². The Morgan fingerprint density at radius 3 is 2.46 bits per heavy atom. The predicted octanol–water partition coefficient (Wildman–Crippen LogP) is 3.84. The van der Waals surface area contributed by atoms with E-state index in [1.54, 1.807) is 6.92 Å². The SMILES string of the molecule is CCCCC1=C(C(=O)OCC)C(c2ccc(OCCC)cc2)NC(=O)N1. The van der Waals surface area contributed by atoms with Crippen molar-refractivity contribution in [2.24, 2.45) is 0 Å². The fourth-order valence-electron chi connectivity index (χ4n) is 2.84. The van der Waals surface area contributed by atoms with Crippen molar-refractivity contribution in [3.63, 3.8) is 0 Å². The Labute approximate surface area is 154 Å². The molecule has 0 aliphatic carbocycles. The molecule has 26 heavy (non-hydrogen) atoms. The summed E-state index contributed by atoms with van der Waals surface area (Å²) in [4.78, 5) is 24.7. The normalized spacial score (nSPS) is 16.7. The molecule has 0 fully saturated rings. The van der Waals surface area contributed by atoms with Gasteiger partial charge in [-0.1, -0.05) is 32.4 Å². The van der Waals surface area contributed by atoms with Crippen molar-refractivity contribution >= 4 is 12.0 Å². The van der Waals surface area contributed by atoms with E-state index in [0.29, 0.717) is 24.3 Å². The molecule has 0 bridgehead atoms. The maximum atomic E-state index is 12.6. The van der Waals surface area contributed by atoms with Crippen LogP contribution in [0.3, 0.4) is 0 Å². The first-order valence-corrected chi connectivity index (χ1v) is 9.31. The summed E-state index contributed by atoms with van der Waals surface area (Å²) in [6.07, 6.45) is 3.42. The summed E-state index contributed by atoms with van der Waals surface area (Å²) in [6, 6.07) is 6.62. The van der Waals surface area contributed by atoms with Crippen molar-refractivity contribution in [3.8, 4) is 5.75 Å². The van der Waals surface area contributed by atoms with E-state index in [1.165, 1.54) is 0 Å². The molecule has 1 aliphatic rings. The van der Waals surface area contributed by atoms with E-state index < -0.39 is 12.0 Å². The number of carbonyl (C=O) groups is 2. The molecular weight excluding hydrogens is 332 g/mol. The Hall–Kier alpha value is -2.50. The van der Waals surface area contributed by atoms with Gasteiger partial charge in [0.1, 0.15) is 5.75 Å². The lowest BCUT2D eigenvalue weighted by Gasteiger charge is -2.29. The van der Waals surface area contributed by atoms with Gasteiger partial charge in [0.2, 0.25) is 0 Å². The molecule has 1 heterocycles. The Morgan fingerprint density at radius 2 is 1.85 bits per heavy atom. The highest BCUT2D eigenvalue weighted by molar-refractivity contribution is 5.95. The highest BCUT2D eigenvalue weighted by Gasteiger charge is 2.33. The molecule has 6 nitrogen and oxygen atoms in total. The third kappa shape index (κ3) is 5.00. The smallest absolute Gasteiger partial charge is 0.338 e. The lowest BCUT2D eigenvalue weighted by atomic mass is 9.93. The predicted molar refractivity (Wildman–Crippen MR) is 99.8 cm³/mol. The van der Waals surface area contributed by atoms with Gasteiger partial charge in [-0.15, -0.1) is 0 Å². The molecule has 1 aromatic carbocycles. The molecule has 0 saturated carbocycles. The van der Waals surface area contributed by atoms with Crippen LogP contribution < -0.4 is 15.4 Å². The fraction of sp³-hybridized carbons (Fsp3) is 0.500. The van der Waals surface area contributed by atoms with E-state index >= 15 is 0 Å². The Kier molecular flexibility index (Phi) is 7.51. The highest BCUT2D eigenvalue weighted by atomic mass is 16.5. The Balaban J connectivity index is 2.35. The number of unbranched alkanes of at least 4 members (excludes halogenated alkanes) is 1. The lowest BCUT2D eigenvalue weighted by molar-refractivity contribution is -0.139. The summed E-state index contributed by atoms with van der Waals surface area (Å²) in [6.45, 7) is 6.83. The molecule has 1 aliphatic heterocycles. The first-order chi connectivity index (χ1) is 12.6. The monoisotopic (exact) mass is 360 g/mol. The lowest BCUT2D eigenvalue weighted by Crippen LogP contribution is -2.46. The molecule has 2 rings (SSSR count). The maximum Gasteiger partial charge on any atom is 0.338 e. The molecule has 0 saturated heterocycles. The number of nitrogens with one attached hydrogen (secondary N) is 2. The van der Waals surface area contributed by atoms with E-state index in [0.717, 1.165) is 30.6 Å². The average Bonchev–Trinajstić information content (AvgIpc) is 2.64. The van der Waals surface area contributed by atoms with Gasteiger partial charge in [0, 0.05) is 5.70 Å². The van der Waals surface area contributed by atoms with Gasteiger partial charge in [0.15, 0.2) is 0 Å². The van der Waals surface area contributed by atoms with Gasteiger partial charge >= 0.3 is 12.0 Å². The zero-order valence-corrected chi connectivity index (χ0v) is 15.8. The third-order valence-electron chi connectivity index (χ3n) is 4.12. The van der Waals surface area contributed by atoms with Crippen molar-refractivity contribution in [2.45, 2.75) is 52.5 Å². The zero-order chi connectivity index (χ0) is 18.9. The van der Waals surface area contributed by atoms with Crippen LogP contribution in [0.2, 0.25) is 0 Å². The van der Waals surface area contributed by atoms with Gasteiger partial charge in [0.05, 0.1) is 24.8 Å². The summed E-state index contributed by atoms with van der Waals surface area (Å²) < 4.78 is 10.8. The minimum atomic E-state index is -0.533. The molecule has 1 atom stereocenters. The van der Waals surface area contributed by atoms with E-state index in [4.69, 9.17) is 9.47 Å². The number of allylic oxidation sites excluding steroid dienone is 1. The molecule has 0 spiro atoms. The number of urea groups is 1. The van der Waals surface area contributed by atoms with Crippen LogP contribution in [-0.4, -0.2) is 25.2 Å². The Bertz CT molecular complexity index is 652. The number of carbonyl (C=O) groups excluding carboxylic acids is 2.